The number of nitrogens with one attached hydrogen (secondary N) is 1. The number of hydrogen-bond acceptors (Lipinski definition) is 6. The van der Waals surface area contributed by atoms with Crippen LogP contribution in [0.1, 0.15) is 44.0 Å². The van der Waals surface area contributed by atoms with Crippen LogP contribution in [0.15, 0.2) is 66.9 Å². The summed E-state index contributed by atoms with van der Waals surface area (Å²) in [6, 6.07) is 17.2. The number of carbonyl (C=O) groups is 1. The highest BCUT2D eigenvalue weighted by Gasteiger charge is 2.38. The summed E-state index contributed by atoms with van der Waals surface area (Å²) in [6.45, 7) is 6.17. The lowest BCUT2D eigenvalue weighted by Crippen LogP contribution is -2.12. The number of aryl methyl sites for hydroxylation is 1. The van der Waals surface area contributed by atoms with Crippen LogP contribution in [0.5, 0.6) is 11.6 Å². The van der Waals surface area contributed by atoms with Crippen LogP contribution in [0.2, 0.25) is 0 Å². The molecule has 0 spiro atoms. The van der Waals surface area contributed by atoms with Gasteiger partial charge in [0.2, 0.25) is 5.88 Å². The van der Waals surface area contributed by atoms with E-state index in [9.17, 15) is 18.0 Å². The van der Waals surface area contributed by atoms with E-state index in [0.29, 0.717) is 23.4 Å². The zero-order valence-corrected chi connectivity index (χ0v) is 21.8. The fraction of sp³-hybridized carbons (Fsp3) is 0.250. The van der Waals surface area contributed by atoms with E-state index in [0.717, 1.165) is 22.5 Å². The minimum absolute atomic E-state index is 0.0317. The van der Waals surface area contributed by atoms with Gasteiger partial charge in [-0.15, -0.1) is 0 Å². The molecule has 0 amide bonds. The molecule has 0 aliphatic carbocycles. The van der Waals surface area contributed by atoms with Crippen molar-refractivity contribution in [3.63, 3.8) is 0 Å². The van der Waals surface area contributed by atoms with Gasteiger partial charge in [0.25, 0.3) is 0 Å². The van der Waals surface area contributed by atoms with Gasteiger partial charge in [-0.25, -0.2) is 9.97 Å². The maximum Gasteiger partial charge on any atom is 0.434 e. The third kappa shape index (κ3) is 6.49. The number of para-hydroxylation sites is 1. The topological polar surface area (TPSA) is 84.3 Å². The number of rotatable bonds is 8. The van der Waals surface area contributed by atoms with Crippen LogP contribution in [0, 0.1) is 0 Å². The molecular weight excluding hydrogens is 515 g/mol. The van der Waals surface area contributed by atoms with Crippen LogP contribution in [-0.2, 0) is 22.8 Å². The van der Waals surface area contributed by atoms with Crippen molar-refractivity contribution in [2.75, 3.05) is 5.32 Å². The molecule has 2 aromatic carbocycles. The van der Waals surface area contributed by atoms with Gasteiger partial charge in [-0.3, -0.25) is 4.79 Å². The monoisotopic (exact) mass is 541 g/mol. The Balaban J connectivity index is 1.65. The average Bonchev–Trinajstić information content (AvgIpc) is 3.28. The van der Waals surface area contributed by atoms with E-state index >= 15 is 0 Å². The summed E-state index contributed by atoms with van der Waals surface area (Å²) in [6.07, 6.45) is -2.90. The van der Waals surface area contributed by atoms with Crippen molar-refractivity contribution in [1.82, 2.24) is 9.97 Å². The molecule has 0 radical (unpaired) electrons. The molecule has 4 rings (SSSR count). The Hall–Kier alpha value is -3.92. The van der Waals surface area contributed by atoms with Crippen molar-refractivity contribution in [3.05, 3.63) is 83.7 Å². The molecule has 38 heavy (non-hydrogen) atoms. The van der Waals surface area contributed by atoms with E-state index < -0.39 is 17.8 Å². The van der Waals surface area contributed by atoms with Gasteiger partial charge in [0.15, 0.2) is 10.8 Å². The van der Waals surface area contributed by atoms with Crippen LogP contribution in [0.4, 0.5) is 24.0 Å². The van der Waals surface area contributed by atoms with E-state index in [4.69, 9.17) is 9.84 Å². The zero-order valence-electron chi connectivity index (χ0n) is 21.0. The molecule has 2 N–H and O–H groups in total. The third-order valence-electron chi connectivity index (χ3n) is 5.65. The molecule has 0 saturated carbocycles. The van der Waals surface area contributed by atoms with Crippen molar-refractivity contribution < 1.29 is 27.8 Å². The minimum Gasteiger partial charge on any atom is -0.481 e. The Labute approximate surface area is 222 Å². The van der Waals surface area contributed by atoms with E-state index in [1.54, 1.807) is 42.6 Å². The number of aliphatic carboxylic acids is 1. The minimum atomic E-state index is -4.67. The molecule has 198 valence electrons. The maximum atomic E-state index is 13.9. The smallest absolute Gasteiger partial charge is 0.434 e. The lowest BCUT2D eigenvalue weighted by atomic mass is 9.86. The van der Waals surface area contributed by atoms with Crippen molar-refractivity contribution in [3.8, 4) is 22.1 Å². The molecular formula is C28H26F3N3O3S. The highest BCUT2D eigenvalue weighted by molar-refractivity contribution is 7.19. The van der Waals surface area contributed by atoms with Gasteiger partial charge in [0.1, 0.15) is 11.4 Å². The predicted molar refractivity (Wildman–Crippen MR) is 141 cm³/mol. The van der Waals surface area contributed by atoms with Gasteiger partial charge < -0.3 is 15.2 Å². The van der Waals surface area contributed by atoms with E-state index in [-0.39, 0.29) is 27.7 Å². The molecule has 2 aromatic heterocycles. The molecule has 0 atom stereocenters. The van der Waals surface area contributed by atoms with Gasteiger partial charge in [0, 0.05) is 18.2 Å². The molecule has 10 heteroatoms. The second-order valence-electron chi connectivity index (χ2n) is 9.61. The van der Waals surface area contributed by atoms with Gasteiger partial charge >= 0.3 is 12.1 Å². The first-order chi connectivity index (χ1) is 17.9. The van der Waals surface area contributed by atoms with Crippen molar-refractivity contribution >= 4 is 28.1 Å². The van der Waals surface area contributed by atoms with Gasteiger partial charge in [-0.05, 0) is 41.2 Å². The summed E-state index contributed by atoms with van der Waals surface area (Å²) < 4.78 is 47.9. The van der Waals surface area contributed by atoms with Gasteiger partial charge in [-0.1, -0.05) is 74.6 Å². The number of carboxylic acids is 1. The second-order valence-corrected chi connectivity index (χ2v) is 10.6. The Kier molecular flexibility index (Phi) is 7.73. The molecule has 0 saturated heterocycles. The fourth-order valence-corrected chi connectivity index (χ4v) is 4.80. The highest BCUT2D eigenvalue weighted by atomic mass is 32.1. The molecule has 0 bridgehead atoms. The van der Waals surface area contributed by atoms with Gasteiger partial charge in [-0.2, -0.15) is 13.2 Å². The molecule has 0 fully saturated rings. The molecule has 6 nitrogen and oxygen atoms in total. The van der Waals surface area contributed by atoms with Gasteiger partial charge in [0.05, 0.1) is 4.88 Å². The average molecular weight is 542 g/mol. The largest absolute Gasteiger partial charge is 0.481 e. The van der Waals surface area contributed by atoms with Crippen molar-refractivity contribution in [1.29, 1.82) is 0 Å². The number of anilines is 2. The maximum absolute atomic E-state index is 13.9. The number of aromatic nitrogens is 2. The zero-order chi connectivity index (χ0) is 27.5. The number of carboxylic acid groups (broad SMARTS) is 1. The summed E-state index contributed by atoms with van der Waals surface area (Å²) >= 11 is 0.861. The number of benzene rings is 2. The Morgan fingerprint density at radius 2 is 1.74 bits per heavy atom. The van der Waals surface area contributed by atoms with E-state index in [1.807, 2.05) is 24.3 Å². The third-order valence-corrected chi connectivity index (χ3v) is 6.67. The van der Waals surface area contributed by atoms with Crippen molar-refractivity contribution in [2.45, 2.75) is 45.2 Å². The molecule has 4 aromatic rings. The summed E-state index contributed by atoms with van der Waals surface area (Å²) in [4.78, 5) is 18.9. The van der Waals surface area contributed by atoms with E-state index in [2.05, 4.69) is 36.1 Å². The van der Waals surface area contributed by atoms with Crippen LogP contribution < -0.4 is 10.1 Å². The standard InChI is InChI=1S/C28H26F3N3O3S/c1-27(2,3)19-7-4-5-9-21(19)37-25-20(8-6-16-32-25)33-26-34-24(28(29,30)31)23(38-26)18-13-10-17(11-14-18)12-15-22(35)36/h4-11,13-14,16H,12,15H2,1-3H3,(H,33,34)(H,35,36). The lowest BCUT2D eigenvalue weighted by molar-refractivity contribution is -0.140. The Morgan fingerprint density at radius 3 is 2.39 bits per heavy atom. The Morgan fingerprint density at radius 1 is 1.03 bits per heavy atom. The number of hydrogen-bond donors (Lipinski definition) is 2. The summed E-state index contributed by atoms with van der Waals surface area (Å²) in [5.74, 6) is -0.134. The molecule has 2 heterocycles. The molecule has 0 aliphatic heterocycles. The number of nitrogens with zero attached hydrogens (tertiary/aromatic N) is 2. The number of halogens is 3. The lowest BCUT2D eigenvalue weighted by Gasteiger charge is -2.22. The Bertz CT molecular complexity index is 1430. The first-order valence-electron chi connectivity index (χ1n) is 11.8. The van der Waals surface area contributed by atoms with Crippen LogP contribution >= 0.6 is 11.3 Å². The first kappa shape index (κ1) is 27.1. The summed E-state index contributed by atoms with van der Waals surface area (Å²) in [7, 11) is 0. The summed E-state index contributed by atoms with van der Waals surface area (Å²) in [5.41, 5.74) is 1.18. The summed E-state index contributed by atoms with van der Waals surface area (Å²) in [5, 5.41) is 11.8. The van der Waals surface area contributed by atoms with Crippen LogP contribution in [-0.4, -0.2) is 21.0 Å². The number of ether oxygens (including phenoxy) is 1. The van der Waals surface area contributed by atoms with Crippen LogP contribution in [0.25, 0.3) is 10.4 Å². The van der Waals surface area contributed by atoms with Crippen LogP contribution in [0.3, 0.4) is 0 Å². The predicted octanol–water partition coefficient (Wildman–Crippen LogP) is 8.07. The fourth-order valence-electron chi connectivity index (χ4n) is 3.80. The first-order valence-corrected chi connectivity index (χ1v) is 12.6. The number of alkyl halides is 3. The molecule has 0 unspecified atom stereocenters. The quantitative estimate of drug-likeness (QED) is 0.235. The number of pyridine rings is 1. The second kappa shape index (κ2) is 10.8. The molecule has 0 aliphatic rings. The van der Waals surface area contributed by atoms with Crippen molar-refractivity contribution in [2.24, 2.45) is 0 Å². The SMILES string of the molecule is CC(C)(C)c1ccccc1Oc1ncccc1Nc1nc(C(F)(F)F)c(-c2ccc(CCC(=O)O)cc2)s1. The van der Waals surface area contributed by atoms with E-state index in [1.165, 1.54) is 0 Å². The normalized spacial score (nSPS) is 11.8. The highest BCUT2D eigenvalue weighted by Crippen LogP contribution is 2.43. The number of thiazole rings is 1.